The van der Waals surface area contributed by atoms with E-state index in [1.165, 1.54) is 10.6 Å². The highest BCUT2D eigenvalue weighted by Crippen LogP contribution is 2.13. The molecule has 0 unspecified atom stereocenters. The van der Waals surface area contributed by atoms with Gasteiger partial charge in [0, 0.05) is 25.4 Å². The summed E-state index contributed by atoms with van der Waals surface area (Å²) in [5, 5.41) is 0. The molecule has 0 aliphatic heterocycles. The lowest BCUT2D eigenvalue weighted by atomic mass is 10.2. The fourth-order valence-electron chi connectivity index (χ4n) is 2.16. The first-order valence-corrected chi connectivity index (χ1v) is 7.20. The van der Waals surface area contributed by atoms with E-state index < -0.39 is 0 Å². The van der Waals surface area contributed by atoms with Gasteiger partial charge in [0.1, 0.15) is 12.3 Å². The minimum Gasteiger partial charge on any atom is -0.497 e. The van der Waals surface area contributed by atoms with Crippen LogP contribution >= 0.6 is 0 Å². The van der Waals surface area contributed by atoms with E-state index in [4.69, 9.17) is 4.74 Å². The van der Waals surface area contributed by atoms with Crippen molar-refractivity contribution in [2.75, 3.05) is 13.7 Å². The summed E-state index contributed by atoms with van der Waals surface area (Å²) in [5.41, 5.74) is 0.854. The van der Waals surface area contributed by atoms with Crippen LogP contribution in [0.1, 0.15) is 12.5 Å². The van der Waals surface area contributed by atoms with Crippen LogP contribution in [-0.4, -0.2) is 29.0 Å². The van der Waals surface area contributed by atoms with Gasteiger partial charge in [-0.2, -0.15) is 0 Å². The summed E-state index contributed by atoms with van der Waals surface area (Å²) in [7, 11) is 1.62. The lowest BCUT2D eigenvalue weighted by Gasteiger charge is -2.21. The fourth-order valence-corrected chi connectivity index (χ4v) is 2.16. The van der Waals surface area contributed by atoms with Crippen molar-refractivity contribution in [2.24, 2.45) is 0 Å². The molecule has 116 valence electrons. The molecule has 0 N–H and O–H groups in total. The van der Waals surface area contributed by atoms with Gasteiger partial charge >= 0.3 is 0 Å². The number of hydrogen-bond donors (Lipinski definition) is 0. The van der Waals surface area contributed by atoms with Gasteiger partial charge in [0.2, 0.25) is 5.91 Å². The summed E-state index contributed by atoms with van der Waals surface area (Å²) in [4.78, 5) is 25.8. The first-order valence-electron chi connectivity index (χ1n) is 7.20. The molecule has 0 bridgehead atoms. The van der Waals surface area contributed by atoms with E-state index in [-0.39, 0.29) is 18.0 Å². The van der Waals surface area contributed by atoms with Gasteiger partial charge in [-0.1, -0.05) is 18.2 Å². The van der Waals surface area contributed by atoms with Crippen LogP contribution in [0.2, 0.25) is 0 Å². The predicted octanol–water partition coefficient (Wildman–Crippen LogP) is 1.91. The topological polar surface area (TPSA) is 51.5 Å². The maximum Gasteiger partial charge on any atom is 0.250 e. The molecule has 0 atom stereocenters. The summed E-state index contributed by atoms with van der Waals surface area (Å²) in [6.45, 7) is 3.09. The standard InChI is InChI=1S/C17H20N2O3/c1-3-18(12-14-7-9-15(22-2)10-8-14)17(21)13-19-11-5-4-6-16(19)20/h4-11H,3,12-13H2,1-2H3. The van der Waals surface area contributed by atoms with Gasteiger partial charge in [-0.3, -0.25) is 9.59 Å². The van der Waals surface area contributed by atoms with Crippen LogP contribution < -0.4 is 10.3 Å². The SMILES string of the molecule is CCN(Cc1ccc(OC)cc1)C(=O)Cn1ccccc1=O. The van der Waals surface area contributed by atoms with Crippen molar-refractivity contribution in [3.8, 4) is 5.75 Å². The second kappa shape index (κ2) is 7.45. The Morgan fingerprint density at radius 2 is 1.91 bits per heavy atom. The van der Waals surface area contributed by atoms with Gasteiger partial charge in [0.05, 0.1) is 7.11 Å². The van der Waals surface area contributed by atoms with E-state index in [0.717, 1.165) is 11.3 Å². The summed E-state index contributed by atoms with van der Waals surface area (Å²) < 4.78 is 6.54. The van der Waals surface area contributed by atoms with Crippen molar-refractivity contribution in [3.05, 3.63) is 64.6 Å². The molecule has 0 aliphatic carbocycles. The van der Waals surface area contributed by atoms with Crippen molar-refractivity contribution in [2.45, 2.75) is 20.0 Å². The number of nitrogens with zero attached hydrogens (tertiary/aromatic N) is 2. The summed E-state index contributed by atoms with van der Waals surface area (Å²) in [5.74, 6) is 0.709. The number of aromatic nitrogens is 1. The van der Waals surface area contributed by atoms with Crippen molar-refractivity contribution in [1.82, 2.24) is 9.47 Å². The molecule has 0 aliphatic rings. The third kappa shape index (κ3) is 3.97. The van der Waals surface area contributed by atoms with Crippen molar-refractivity contribution in [1.29, 1.82) is 0 Å². The monoisotopic (exact) mass is 300 g/mol. The fraction of sp³-hybridized carbons (Fsp3) is 0.294. The van der Waals surface area contributed by atoms with Gasteiger partial charge < -0.3 is 14.2 Å². The van der Waals surface area contributed by atoms with Crippen molar-refractivity contribution >= 4 is 5.91 Å². The normalized spacial score (nSPS) is 10.3. The molecule has 2 rings (SSSR count). The van der Waals surface area contributed by atoms with Crippen LogP contribution in [0.25, 0.3) is 0 Å². The Morgan fingerprint density at radius 3 is 2.50 bits per heavy atom. The highest BCUT2D eigenvalue weighted by atomic mass is 16.5. The Labute approximate surface area is 129 Å². The second-order valence-corrected chi connectivity index (χ2v) is 4.92. The predicted molar refractivity (Wildman–Crippen MR) is 84.8 cm³/mol. The summed E-state index contributed by atoms with van der Waals surface area (Å²) in [6.07, 6.45) is 1.63. The van der Waals surface area contributed by atoms with Gasteiger partial charge in [-0.05, 0) is 30.7 Å². The number of ether oxygens (including phenoxy) is 1. The number of hydrogen-bond acceptors (Lipinski definition) is 3. The number of carbonyl (C=O) groups excluding carboxylic acids is 1. The van der Waals surface area contributed by atoms with E-state index in [2.05, 4.69) is 0 Å². The molecule has 0 saturated carbocycles. The van der Waals surface area contributed by atoms with E-state index >= 15 is 0 Å². The number of methoxy groups -OCH3 is 1. The molecule has 1 aromatic heterocycles. The Hall–Kier alpha value is -2.56. The average molecular weight is 300 g/mol. The minimum absolute atomic E-state index is 0.0592. The molecular formula is C17H20N2O3. The Morgan fingerprint density at radius 1 is 1.18 bits per heavy atom. The van der Waals surface area contributed by atoms with Gasteiger partial charge in [0.15, 0.2) is 0 Å². The van der Waals surface area contributed by atoms with Gasteiger partial charge in [-0.25, -0.2) is 0 Å². The lowest BCUT2D eigenvalue weighted by molar-refractivity contribution is -0.132. The Balaban J connectivity index is 2.05. The molecule has 5 nitrogen and oxygen atoms in total. The molecule has 1 aromatic carbocycles. The molecule has 0 spiro atoms. The zero-order chi connectivity index (χ0) is 15.9. The average Bonchev–Trinajstić information content (AvgIpc) is 2.55. The van der Waals surface area contributed by atoms with Crippen LogP contribution in [0.3, 0.4) is 0 Å². The quantitative estimate of drug-likeness (QED) is 0.819. The van der Waals surface area contributed by atoms with E-state index in [1.807, 2.05) is 31.2 Å². The van der Waals surface area contributed by atoms with Crippen LogP contribution in [0.15, 0.2) is 53.5 Å². The minimum atomic E-state index is -0.170. The molecule has 0 saturated heterocycles. The third-order valence-electron chi connectivity index (χ3n) is 3.47. The first-order chi connectivity index (χ1) is 10.6. The molecule has 0 radical (unpaired) electrons. The summed E-state index contributed by atoms with van der Waals surface area (Å²) in [6, 6.07) is 12.5. The Bertz CT molecular complexity index is 677. The Kier molecular flexibility index (Phi) is 5.36. The first kappa shape index (κ1) is 15.8. The second-order valence-electron chi connectivity index (χ2n) is 4.92. The molecular weight excluding hydrogens is 280 g/mol. The molecule has 2 aromatic rings. The summed E-state index contributed by atoms with van der Waals surface area (Å²) >= 11 is 0. The molecule has 1 amide bonds. The molecule has 5 heteroatoms. The highest BCUT2D eigenvalue weighted by molar-refractivity contribution is 5.76. The van der Waals surface area contributed by atoms with Crippen molar-refractivity contribution < 1.29 is 9.53 Å². The van der Waals surface area contributed by atoms with Crippen LogP contribution in [-0.2, 0) is 17.9 Å². The van der Waals surface area contributed by atoms with E-state index in [9.17, 15) is 9.59 Å². The number of rotatable bonds is 6. The van der Waals surface area contributed by atoms with Crippen LogP contribution in [0.4, 0.5) is 0 Å². The van der Waals surface area contributed by atoms with Crippen molar-refractivity contribution in [3.63, 3.8) is 0 Å². The number of carbonyl (C=O) groups is 1. The number of pyridine rings is 1. The zero-order valence-electron chi connectivity index (χ0n) is 12.9. The molecule has 0 fully saturated rings. The number of likely N-dealkylation sites (N-methyl/N-ethyl adjacent to an activating group) is 1. The van der Waals surface area contributed by atoms with Crippen LogP contribution in [0.5, 0.6) is 5.75 Å². The van der Waals surface area contributed by atoms with E-state index in [1.54, 1.807) is 30.3 Å². The van der Waals surface area contributed by atoms with Gasteiger partial charge in [0.25, 0.3) is 5.56 Å². The molecule has 22 heavy (non-hydrogen) atoms. The maximum atomic E-state index is 12.4. The lowest BCUT2D eigenvalue weighted by Crippen LogP contribution is -2.35. The van der Waals surface area contributed by atoms with E-state index in [0.29, 0.717) is 13.1 Å². The van der Waals surface area contributed by atoms with Gasteiger partial charge in [-0.15, -0.1) is 0 Å². The third-order valence-corrected chi connectivity index (χ3v) is 3.47. The zero-order valence-corrected chi connectivity index (χ0v) is 12.9. The molecule has 1 heterocycles. The number of benzene rings is 1. The largest absolute Gasteiger partial charge is 0.497 e. The maximum absolute atomic E-state index is 12.4. The highest BCUT2D eigenvalue weighted by Gasteiger charge is 2.13. The van der Waals surface area contributed by atoms with Crippen LogP contribution in [0, 0.1) is 0 Å². The smallest absolute Gasteiger partial charge is 0.250 e. The number of amides is 1.